The number of nitrogens with one attached hydrogen (secondary N) is 1. The Morgan fingerprint density at radius 1 is 0.964 bits per heavy atom. The first kappa shape index (κ1) is 17.9. The van der Waals surface area contributed by atoms with Crippen molar-refractivity contribution in [3.63, 3.8) is 0 Å². The van der Waals surface area contributed by atoms with E-state index in [1.165, 1.54) is 0 Å². The Morgan fingerprint density at radius 3 is 2.50 bits per heavy atom. The Hall–Kier alpha value is -3.53. The van der Waals surface area contributed by atoms with Crippen molar-refractivity contribution < 1.29 is 13.9 Å². The number of fused-ring (bicyclic) bond motifs is 1. The molecular weight excluding hydrogens is 350 g/mol. The molecule has 3 aromatic carbocycles. The fraction of sp³-hybridized carbons (Fsp3) is 0.125. The van der Waals surface area contributed by atoms with E-state index >= 15 is 0 Å². The van der Waals surface area contributed by atoms with Gasteiger partial charge in [0.15, 0.2) is 6.61 Å². The van der Waals surface area contributed by atoms with E-state index in [4.69, 9.17) is 9.15 Å². The maximum atomic E-state index is 12.4. The van der Waals surface area contributed by atoms with Crippen molar-refractivity contribution in [3.8, 4) is 16.9 Å². The monoisotopic (exact) mass is 371 g/mol. The smallest absolute Gasteiger partial charge is 0.258 e. The SMILES string of the molecule is C[C@@H](NC(=O)COc1ccccc1-c1ccccc1)c1cc2ccccc2o1. The minimum Gasteiger partial charge on any atom is -0.483 e. The van der Waals surface area contributed by atoms with Gasteiger partial charge in [0, 0.05) is 10.9 Å². The second-order valence-electron chi connectivity index (χ2n) is 6.63. The van der Waals surface area contributed by atoms with E-state index < -0.39 is 0 Å². The molecule has 0 aliphatic heterocycles. The van der Waals surface area contributed by atoms with E-state index in [1.807, 2.05) is 91.9 Å². The van der Waals surface area contributed by atoms with Crippen molar-refractivity contribution in [1.29, 1.82) is 0 Å². The number of carbonyl (C=O) groups is 1. The zero-order valence-corrected chi connectivity index (χ0v) is 15.6. The minimum absolute atomic E-state index is 0.0611. The standard InChI is InChI=1S/C24H21NO3/c1-17(23-15-19-11-5-7-13-21(19)28-23)25-24(26)16-27-22-14-8-6-12-20(22)18-9-3-2-4-10-18/h2-15,17H,16H2,1H3,(H,25,26)/t17-/m1/s1. The summed E-state index contributed by atoms with van der Waals surface area (Å²) < 4.78 is 11.6. The van der Waals surface area contributed by atoms with E-state index in [1.54, 1.807) is 0 Å². The molecule has 0 aliphatic rings. The summed E-state index contributed by atoms with van der Waals surface area (Å²) in [6, 6.07) is 27.2. The van der Waals surface area contributed by atoms with Crippen molar-refractivity contribution in [2.45, 2.75) is 13.0 Å². The molecule has 0 spiro atoms. The summed E-state index contributed by atoms with van der Waals surface area (Å²) in [6.45, 7) is 1.84. The summed E-state index contributed by atoms with van der Waals surface area (Å²) in [5, 5.41) is 3.95. The summed E-state index contributed by atoms with van der Waals surface area (Å²) in [5.41, 5.74) is 2.82. The van der Waals surface area contributed by atoms with Gasteiger partial charge in [-0.05, 0) is 30.7 Å². The third-order valence-corrected chi connectivity index (χ3v) is 4.58. The van der Waals surface area contributed by atoms with Crippen molar-refractivity contribution >= 4 is 16.9 Å². The lowest BCUT2D eigenvalue weighted by molar-refractivity contribution is -0.123. The number of ether oxygens (including phenoxy) is 1. The molecular formula is C24H21NO3. The van der Waals surface area contributed by atoms with Gasteiger partial charge < -0.3 is 14.5 Å². The van der Waals surface area contributed by atoms with Crippen LogP contribution < -0.4 is 10.1 Å². The molecule has 1 aromatic heterocycles. The molecule has 4 nitrogen and oxygen atoms in total. The highest BCUT2D eigenvalue weighted by molar-refractivity contribution is 5.80. The number of rotatable bonds is 6. The molecule has 1 atom stereocenters. The Balaban J connectivity index is 1.41. The van der Waals surface area contributed by atoms with E-state index in [2.05, 4.69) is 5.32 Å². The highest BCUT2D eigenvalue weighted by Crippen LogP contribution is 2.29. The lowest BCUT2D eigenvalue weighted by Gasteiger charge is -2.14. The summed E-state index contributed by atoms with van der Waals surface area (Å²) >= 11 is 0. The second-order valence-corrected chi connectivity index (χ2v) is 6.63. The molecule has 0 saturated carbocycles. The van der Waals surface area contributed by atoms with Crippen LogP contribution in [0.4, 0.5) is 0 Å². The van der Waals surface area contributed by atoms with Crippen LogP contribution in [0.5, 0.6) is 5.75 Å². The van der Waals surface area contributed by atoms with Gasteiger partial charge in [-0.15, -0.1) is 0 Å². The van der Waals surface area contributed by atoms with E-state index in [0.717, 1.165) is 27.9 Å². The number of hydrogen-bond donors (Lipinski definition) is 1. The fourth-order valence-corrected chi connectivity index (χ4v) is 3.16. The molecule has 0 bridgehead atoms. The average molecular weight is 371 g/mol. The molecule has 4 heteroatoms. The van der Waals surface area contributed by atoms with Crippen LogP contribution in [0.15, 0.2) is 89.3 Å². The van der Waals surface area contributed by atoms with Gasteiger partial charge in [-0.2, -0.15) is 0 Å². The van der Waals surface area contributed by atoms with E-state index in [0.29, 0.717) is 5.75 Å². The minimum atomic E-state index is -0.243. The quantitative estimate of drug-likeness (QED) is 0.497. The van der Waals surface area contributed by atoms with Gasteiger partial charge in [-0.3, -0.25) is 4.79 Å². The molecule has 0 fully saturated rings. The van der Waals surface area contributed by atoms with Crippen LogP contribution in [0.3, 0.4) is 0 Å². The number of carbonyl (C=O) groups excluding carboxylic acids is 1. The van der Waals surface area contributed by atoms with Crippen LogP contribution in [0, 0.1) is 0 Å². The van der Waals surface area contributed by atoms with E-state index in [-0.39, 0.29) is 18.6 Å². The van der Waals surface area contributed by atoms with Crippen LogP contribution in [-0.4, -0.2) is 12.5 Å². The molecule has 28 heavy (non-hydrogen) atoms. The third-order valence-electron chi connectivity index (χ3n) is 4.58. The Bertz CT molecular complexity index is 1050. The van der Waals surface area contributed by atoms with Crippen LogP contribution in [-0.2, 0) is 4.79 Å². The Labute approximate surface area is 163 Å². The number of para-hydroxylation sites is 2. The van der Waals surface area contributed by atoms with E-state index in [9.17, 15) is 4.79 Å². The largest absolute Gasteiger partial charge is 0.483 e. The number of hydrogen-bond acceptors (Lipinski definition) is 3. The Morgan fingerprint density at radius 2 is 1.68 bits per heavy atom. The van der Waals surface area contributed by atoms with Gasteiger partial charge in [0.25, 0.3) is 5.91 Å². The third kappa shape index (κ3) is 3.91. The van der Waals surface area contributed by atoms with Gasteiger partial charge in [0.05, 0.1) is 6.04 Å². The molecule has 0 aliphatic carbocycles. The van der Waals surface area contributed by atoms with Crippen molar-refractivity contribution in [2.24, 2.45) is 0 Å². The number of furan rings is 1. The van der Waals surface area contributed by atoms with Crippen molar-refractivity contribution in [2.75, 3.05) is 6.61 Å². The maximum Gasteiger partial charge on any atom is 0.258 e. The van der Waals surface area contributed by atoms with Gasteiger partial charge in [-0.1, -0.05) is 66.7 Å². The summed E-state index contributed by atoms with van der Waals surface area (Å²) in [6.07, 6.45) is 0. The molecule has 0 unspecified atom stereocenters. The van der Waals surface area contributed by atoms with Crippen LogP contribution in [0.1, 0.15) is 18.7 Å². The molecule has 1 N–H and O–H groups in total. The van der Waals surface area contributed by atoms with Gasteiger partial charge in [0.2, 0.25) is 0 Å². The highest BCUT2D eigenvalue weighted by atomic mass is 16.5. The first-order valence-electron chi connectivity index (χ1n) is 9.26. The first-order chi connectivity index (χ1) is 13.7. The average Bonchev–Trinajstić information content (AvgIpc) is 3.18. The number of amides is 1. The second kappa shape index (κ2) is 8.01. The van der Waals surface area contributed by atoms with Crippen LogP contribution >= 0.6 is 0 Å². The zero-order chi connectivity index (χ0) is 19.3. The molecule has 140 valence electrons. The van der Waals surface area contributed by atoms with Gasteiger partial charge >= 0.3 is 0 Å². The highest BCUT2D eigenvalue weighted by Gasteiger charge is 2.15. The van der Waals surface area contributed by atoms with Crippen molar-refractivity contribution in [3.05, 3.63) is 90.7 Å². The summed E-state index contributed by atoms with van der Waals surface area (Å²) in [4.78, 5) is 12.4. The predicted octanol–water partition coefficient (Wildman–Crippen LogP) is 5.36. The lowest BCUT2D eigenvalue weighted by Crippen LogP contribution is -2.31. The number of benzene rings is 3. The van der Waals surface area contributed by atoms with Crippen LogP contribution in [0.2, 0.25) is 0 Å². The maximum absolute atomic E-state index is 12.4. The summed E-state index contributed by atoms with van der Waals surface area (Å²) in [7, 11) is 0. The fourth-order valence-electron chi connectivity index (χ4n) is 3.16. The normalized spacial score (nSPS) is 11.9. The molecule has 0 radical (unpaired) electrons. The topological polar surface area (TPSA) is 51.5 Å². The molecule has 1 amide bonds. The lowest BCUT2D eigenvalue weighted by atomic mass is 10.1. The first-order valence-corrected chi connectivity index (χ1v) is 9.26. The predicted molar refractivity (Wildman–Crippen MR) is 110 cm³/mol. The van der Waals surface area contributed by atoms with Crippen LogP contribution in [0.25, 0.3) is 22.1 Å². The zero-order valence-electron chi connectivity index (χ0n) is 15.6. The van der Waals surface area contributed by atoms with Gasteiger partial charge in [-0.25, -0.2) is 0 Å². The Kier molecular flexibility index (Phi) is 5.11. The molecule has 4 rings (SSSR count). The van der Waals surface area contributed by atoms with Gasteiger partial charge in [0.1, 0.15) is 17.1 Å². The molecule has 1 heterocycles. The molecule has 0 saturated heterocycles. The van der Waals surface area contributed by atoms with Crippen molar-refractivity contribution in [1.82, 2.24) is 5.32 Å². The molecule has 4 aromatic rings. The summed E-state index contributed by atoms with van der Waals surface area (Å²) in [5.74, 6) is 1.20.